The van der Waals surface area contributed by atoms with Crippen LogP contribution >= 0.6 is 0 Å². The molecule has 3 heteroatoms. The minimum absolute atomic E-state index is 0.0768. The molecule has 0 aromatic carbocycles. The van der Waals surface area contributed by atoms with Crippen LogP contribution in [0.4, 0.5) is 0 Å². The second-order valence-electron chi connectivity index (χ2n) is 4.94. The van der Waals surface area contributed by atoms with Gasteiger partial charge in [-0.1, -0.05) is 20.8 Å². The minimum atomic E-state index is -0.0768. The Morgan fingerprint density at radius 3 is 2.21 bits per heavy atom. The number of rotatable bonds is 4. The second-order valence-corrected chi connectivity index (χ2v) is 4.94. The SMILES string of the molecule is CC(C)OCCN(C)C(=N)C(C)(C)C. The molecule has 0 radical (unpaired) electrons. The zero-order chi connectivity index (χ0) is 11.4. The normalized spacial score (nSPS) is 11.9. The van der Waals surface area contributed by atoms with Gasteiger partial charge in [-0.05, 0) is 13.8 Å². The molecule has 0 aliphatic heterocycles. The van der Waals surface area contributed by atoms with Crippen molar-refractivity contribution >= 4 is 5.84 Å². The first kappa shape index (κ1) is 13.4. The third-order valence-electron chi connectivity index (χ3n) is 1.97. The van der Waals surface area contributed by atoms with Gasteiger partial charge in [-0.15, -0.1) is 0 Å². The summed E-state index contributed by atoms with van der Waals surface area (Å²) in [6.45, 7) is 11.7. The molecular formula is C11H24N2O. The van der Waals surface area contributed by atoms with Crippen LogP contribution in [-0.2, 0) is 4.74 Å². The van der Waals surface area contributed by atoms with E-state index in [9.17, 15) is 0 Å². The van der Waals surface area contributed by atoms with E-state index in [2.05, 4.69) is 20.8 Å². The molecule has 0 saturated carbocycles. The molecule has 0 aliphatic rings. The predicted octanol–water partition coefficient (Wildman–Crippen LogP) is 2.37. The van der Waals surface area contributed by atoms with Gasteiger partial charge in [0, 0.05) is 19.0 Å². The van der Waals surface area contributed by atoms with E-state index in [1.165, 1.54) is 0 Å². The first-order chi connectivity index (χ1) is 6.25. The first-order valence-corrected chi connectivity index (χ1v) is 5.17. The number of nitrogens with zero attached hydrogens (tertiary/aromatic N) is 1. The van der Waals surface area contributed by atoms with Crippen molar-refractivity contribution in [2.75, 3.05) is 20.2 Å². The number of likely N-dealkylation sites (N-methyl/N-ethyl adjacent to an activating group) is 1. The summed E-state index contributed by atoms with van der Waals surface area (Å²) in [5.41, 5.74) is -0.0768. The third-order valence-corrected chi connectivity index (χ3v) is 1.97. The number of ether oxygens (including phenoxy) is 1. The van der Waals surface area contributed by atoms with Crippen LogP contribution in [0.2, 0.25) is 0 Å². The topological polar surface area (TPSA) is 36.3 Å². The molecule has 0 saturated heterocycles. The number of nitrogens with one attached hydrogen (secondary N) is 1. The maximum Gasteiger partial charge on any atom is 0.101 e. The van der Waals surface area contributed by atoms with E-state index >= 15 is 0 Å². The van der Waals surface area contributed by atoms with Gasteiger partial charge in [-0.3, -0.25) is 5.41 Å². The summed E-state index contributed by atoms with van der Waals surface area (Å²) in [5.74, 6) is 0.657. The van der Waals surface area contributed by atoms with E-state index in [1.807, 2.05) is 25.8 Å². The lowest BCUT2D eigenvalue weighted by molar-refractivity contribution is 0.0715. The summed E-state index contributed by atoms with van der Waals surface area (Å²) in [6.07, 6.45) is 0.271. The summed E-state index contributed by atoms with van der Waals surface area (Å²) >= 11 is 0. The van der Waals surface area contributed by atoms with Crippen LogP contribution in [0.3, 0.4) is 0 Å². The van der Waals surface area contributed by atoms with E-state index < -0.39 is 0 Å². The van der Waals surface area contributed by atoms with Gasteiger partial charge in [0.1, 0.15) is 5.84 Å². The Hall–Kier alpha value is -0.570. The van der Waals surface area contributed by atoms with E-state index in [0.717, 1.165) is 6.54 Å². The smallest absolute Gasteiger partial charge is 0.101 e. The Bertz CT molecular complexity index is 182. The summed E-state index contributed by atoms with van der Waals surface area (Å²) < 4.78 is 5.44. The molecule has 0 aromatic heterocycles. The van der Waals surface area contributed by atoms with Gasteiger partial charge >= 0.3 is 0 Å². The monoisotopic (exact) mass is 200 g/mol. The molecule has 0 fully saturated rings. The lowest BCUT2D eigenvalue weighted by atomic mass is 9.94. The molecule has 14 heavy (non-hydrogen) atoms. The van der Waals surface area contributed by atoms with Crippen molar-refractivity contribution in [2.45, 2.75) is 40.7 Å². The Morgan fingerprint density at radius 2 is 1.86 bits per heavy atom. The highest BCUT2D eigenvalue weighted by molar-refractivity contribution is 5.83. The van der Waals surface area contributed by atoms with Crippen molar-refractivity contribution < 1.29 is 4.74 Å². The highest BCUT2D eigenvalue weighted by atomic mass is 16.5. The summed E-state index contributed by atoms with van der Waals surface area (Å²) in [4.78, 5) is 1.95. The van der Waals surface area contributed by atoms with Crippen LogP contribution in [0.1, 0.15) is 34.6 Å². The van der Waals surface area contributed by atoms with E-state index in [0.29, 0.717) is 12.4 Å². The summed E-state index contributed by atoms with van der Waals surface area (Å²) in [7, 11) is 1.94. The third kappa shape index (κ3) is 5.22. The quantitative estimate of drug-likeness (QED) is 0.558. The fourth-order valence-electron chi connectivity index (χ4n) is 1.11. The van der Waals surface area contributed by atoms with Crippen molar-refractivity contribution in [1.29, 1.82) is 5.41 Å². The number of amidine groups is 1. The predicted molar refractivity (Wildman–Crippen MR) is 60.9 cm³/mol. The maximum absolute atomic E-state index is 7.90. The lowest BCUT2D eigenvalue weighted by Gasteiger charge is -2.29. The zero-order valence-electron chi connectivity index (χ0n) is 10.3. The van der Waals surface area contributed by atoms with Crippen LogP contribution in [-0.4, -0.2) is 37.0 Å². The molecule has 0 amide bonds. The van der Waals surface area contributed by atoms with E-state index in [1.54, 1.807) is 0 Å². The minimum Gasteiger partial charge on any atom is -0.377 e. The van der Waals surface area contributed by atoms with Crippen LogP contribution in [0, 0.1) is 10.8 Å². The lowest BCUT2D eigenvalue weighted by Crippen LogP contribution is -2.38. The fourth-order valence-corrected chi connectivity index (χ4v) is 1.11. The van der Waals surface area contributed by atoms with Gasteiger partial charge in [0.25, 0.3) is 0 Å². The van der Waals surface area contributed by atoms with E-state index in [-0.39, 0.29) is 11.5 Å². The molecule has 0 bridgehead atoms. The van der Waals surface area contributed by atoms with Gasteiger partial charge in [0.2, 0.25) is 0 Å². The molecule has 3 nitrogen and oxygen atoms in total. The van der Waals surface area contributed by atoms with E-state index in [4.69, 9.17) is 10.1 Å². The van der Waals surface area contributed by atoms with Crippen molar-refractivity contribution in [3.05, 3.63) is 0 Å². The van der Waals surface area contributed by atoms with Gasteiger partial charge in [0.05, 0.1) is 12.7 Å². The molecule has 84 valence electrons. The van der Waals surface area contributed by atoms with Crippen LogP contribution in [0.5, 0.6) is 0 Å². The van der Waals surface area contributed by atoms with Crippen LogP contribution in [0.25, 0.3) is 0 Å². The molecule has 0 atom stereocenters. The molecule has 0 heterocycles. The van der Waals surface area contributed by atoms with Crippen molar-refractivity contribution in [3.63, 3.8) is 0 Å². The first-order valence-electron chi connectivity index (χ1n) is 5.17. The standard InChI is InChI=1S/C11H24N2O/c1-9(2)14-8-7-13(6)10(12)11(3,4)5/h9,12H,7-8H2,1-6H3. The van der Waals surface area contributed by atoms with Crippen LogP contribution < -0.4 is 0 Å². The van der Waals surface area contributed by atoms with Gasteiger partial charge < -0.3 is 9.64 Å². The molecule has 1 N–H and O–H groups in total. The van der Waals surface area contributed by atoms with Gasteiger partial charge in [-0.2, -0.15) is 0 Å². The van der Waals surface area contributed by atoms with Crippen LogP contribution in [0.15, 0.2) is 0 Å². The van der Waals surface area contributed by atoms with Gasteiger partial charge in [-0.25, -0.2) is 0 Å². The van der Waals surface area contributed by atoms with Gasteiger partial charge in [0.15, 0.2) is 0 Å². The Balaban J connectivity index is 3.86. The molecular weight excluding hydrogens is 176 g/mol. The Kier molecular flexibility index (Phi) is 5.13. The second kappa shape index (κ2) is 5.35. The molecule has 0 aliphatic carbocycles. The highest BCUT2D eigenvalue weighted by Crippen LogP contribution is 2.16. The summed E-state index contributed by atoms with van der Waals surface area (Å²) in [6, 6.07) is 0. The van der Waals surface area contributed by atoms with Crippen molar-refractivity contribution in [2.24, 2.45) is 5.41 Å². The van der Waals surface area contributed by atoms with Crippen molar-refractivity contribution in [3.8, 4) is 0 Å². The largest absolute Gasteiger partial charge is 0.377 e. The maximum atomic E-state index is 7.90. The average Bonchev–Trinajstić information content (AvgIpc) is 2.00. The summed E-state index contributed by atoms with van der Waals surface area (Å²) in [5, 5.41) is 7.90. The molecule has 0 unspecified atom stereocenters. The Morgan fingerprint density at radius 1 is 1.36 bits per heavy atom. The number of hydrogen-bond acceptors (Lipinski definition) is 2. The average molecular weight is 200 g/mol. The molecule has 0 aromatic rings. The van der Waals surface area contributed by atoms with Crippen molar-refractivity contribution in [1.82, 2.24) is 4.90 Å². The molecule has 0 rings (SSSR count). The Labute approximate surface area is 87.9 Å². The number of hydrogen-bond donors (Lipinski definition) is 1. The highest BCUT2D eigenvalue weighted by Gasteiger charge is 2.20. The zero-order valence-corrected chi connectivity index (χ0v) is 10.3. The fraction of sp³-hybridized carbons (Fsp3) is 0.909. The molecule has 0 spiro atoms.